The summed E-state index contributed by atoms with van der Waals surface area (Å²) in [6.45, 7) is 1.71. The van der Waals surface area contributed by atoms with Gasteiger partial charge in [-0.05, 0) is 51.1 Å². The topological polar surface area (TPSA) is 63.2 Å². The summed E-state index contributed by atoms with van der Waals surface area (Å²) in [6, 6.07) is 56.4. The number of Topliss-reactive ketones (excluding diaryl/α,β-unsaturated/α-hetero) is 1. The summed E-state index contributed by atoms with van der Waals surface area (Å²) in [5, 5.41) is 0. The molecule has 0 saturated carbocycles. The Labute approximate surface area is 329 Å². The van der Waals surface area contributed by atoms with E-state index in [4.69, 9.17) is 23.7 Å². The summed E-state index contributed by atoms with van der Waals surface area (Å²) in [7, 11) is 0. The van der Waals surface area contributed by atoms with Crippen LogP contribution in [0.5, 0.6) is 0 Å². The molecule has 1 aliphatic heterocycles. The number of ether oxygens (including phenoxy) is 5. The van der Waals surface area contributed by atoms with Gasteiger partial charge >= 0.3 is 0 Å². The lowest BCUT2D eigenvalue weighted by Gasteiger charge is -2.46. The van der Waals surface area contributed by atoms with Crippen LogP contribution >= 0.6 is 0 Å². The Hall–Kier alpha value is -5.47. The second-order valence-corrected chi connectivity index (χ2v) is 14.4. The normalized spacial score (nSPS) is 20.3. The Kier molecular flexibility index (Phi) is 12.3. The molecule has 6 aromatic carbocycles. The van der Waals surface area contributed by atoms with Gasteiger partial charge < -0.3 is 23.7 Å². The number of hydrogen-bond acceptors (Lipinski definition) is 6. The van der Waals surface area contributed by atoms with Gasteiger partial charge in [0.1, 0.15) is 30.5 Å². The lowest BCUT2D eigenvalue weighted by molar-refractivity contribution is -0.275. The molecule has 56 heavy (non-hydrogen) atoms. The third-order valence-electron chi connectivity index (χ3n) is 10.4. The molecular weight excluding hydrogens is 697 g/mol. The standard InChI is InChI=1S/C50H46O6/c51-46(44-28-40-24-13-14-25-41(40)29-44)42-26-15-27-43(30-42)47-49(54-33-38-20-9-3-10-21-38)50(55-34-39-22-11-4-12-23-39)48(53-32-37-18-7-2-8-19-37)45(56-47)35-52-31-36-16-5-1-6-17-36/h1-28,30,45,47-50H,29,31-35H2/t45-,47+,48-,49+,50+/m1/s1. The predicted molar refractivity (Wildman–Crippen MR) is 218 cm³/mol. The molecule has 1 fully saturated rings. The molecule has 1 aliphatic carbocycles. The molecule has 6 aromatic rings. The second-order valence-electron chi connectivity index (χ2n) is 14.4. The highest BCUT2D eigenvalue weighted by molar-refractivity contribution is 6.12. The number of benzene rings is 6. The van der Waals surface area contributed by atoms with Crippen molar-refractivity contribution in [2.75, 3.05) is 6.61 Å². The van der Waals surface area contributed by atoms with Gasteiger partial charge in [-0.25, -0.2) is 0 Å². The Morgan fingerprint density at radius 1 is 0.536 bits per heavy atom. The summed E-state index contributed by atoms with van der Waals surface area (Å²) in [5.74, 6) is 0.00399. The van der Waals surface area contributed by atoms with Crippen LogP contribution < -0.4 is 0 Å². The first-order chi connectivity index (χ1) is 27.7. The Balaban J connectivity index is 1.15. The monoisotopic (exact) mass is 742 g/mol. The Morgan fingerprint density at radius 2 is 1.05 bits per heavy atom. The number of allylic oxidation sites excluding steroid dienone is 1. The molecule has 1 heterocycles. The van der Waals surface area contributed by atoms with Gasteiger partial charge in [0.25, 0.3) is 0 Å². The van der Waals surface area contributed by atoms with Gasteiger partial charge in [0.05, 0.1) is 33.0 Å². The lowest BCUT2D eigenvalue weighted by atomic mass is 9.89. The SMILES string of the molecule is O=C(C1=Cc2ccccc2C1)c1cccc([C@@H]2O[C@H](COCc3ccccc3)[C@@H](OCc3ccccc3)[C@H](OCc3ccccc3)[C@H]2OCc2ccccc2)c1. The van der Waals surface area contributed by atoms with Crippen molar-refractivity contribution in [1.82, 2.24) is 0 Å². The average molecular weight is 743 g/mol. The quantitative estimate of drug-likeness (QED) is 0.0921. The van der Waals surface area contributed by atoms with Gasteiger partial charge in [-0.15, -0.1) is 0 Å². The van der Waals surface area contributed by atoms with Crippen molar-refractivity contribution in [1.29, 1.82) is 0 Å². The molecule has 0 aromatic heterocycles. The second kappa shape index (κ2) is 18.4. The minimum Gasteiger partial charge on any atom is -0.374 e. The Morgan fingerprint density at radius 3 is 1.64 bits per heavy atom. The van der Waals surface area contributed by atoms with Crippen LogP contribution in [-0.4, -0.2) is 36.8 Å². The molecule has 0 unspecified atom stereocenters. The number of hydrogen-bond donors (Lipinski definition) is 0. The largest absolute Gasteiger partial charge is 0.374 e. The molecule has 2 aliphatic rings. The summed E-state index contributed by atoms with van der Waals surface area (Å²) in [6.07, 6.45) is -0.254. The molecule has 0 amide bonds. The van der Waals surface area contributed by atoms with E-state index in [9.17, 15) is 4.79 Å². The predicted octanol–water partition coefficient (Wildman–Crippen LogP) is 9.92. The van der Waals surface area contributed by atoms with E-state index in [1.165, 1.54) is 0 Å². The summed E-state index contributed by atoms with van der Waals surface area (Å²) in [5.41, 5.74) is 8.63. The third kappa shape index (κ3) is 9.31. The fourth-order valence-electron chi connectivity index (χ4n) is 7.53. The van der Waals surface area contributed by atoms with Crippen molar-refractivity contribution in [3.63, 3.8) is 0 Å². The smallest absolute Gasteiger partial charge is 0.189 e. The highest BCUT2D eigenvalue weighted by Crippen LogP contribution is 2.39. The maximum absolute atomic E-state index is 14.1. The van der Waals surface area contributed by atoms with Crippen LogP contribution in [0, 0.1) is 0 Å². The summed E-state index contributed by atoms with van der Waals surface area (Å²) >= 11 is 0. The lowest BCUT2D eigenvalue weighted by Crippen LogP contribution is -2.58. The van der Waals surface area contributed by atoms with Crippen molar-refractivity contribution in [3.8, 4) is 0 Å². The molecule has 0 N–H and O–H groups in total. The van der Waals surface area contributed by atoms with E-state index in [2.05, 4.69) is 48.5 Å². The highest BCUT2D eigenvalue weighted by Gasteiger charge is 2.49. The molecule has 0 radical (unpaired) electrons. The van der Waals surface area contributed by atoms with E-state index in [1.54, 1.807) is 0 Å². The van der Waals surface area contributed by atoms with E-state index >= 15 is 0 Å². The third-order valence-corrected chi connectivity index (χ3v) is 10.4. The average Bonchev–Trinajstić information content (AvgIpc) is 3.70. The van der Waals surface area contributed by atoms with Crippen molar-refractivity contribution < 1.29 is 28.5 Å². The first kappa shape index (κ1) is 37.5. The molecule has 0 bridgehead atoms. The number of carbonyl (C=O) groups is 1. The maximum atomic E-state index is 14.1. The zero-order valence-corrected chi connectivity index (χ0v) is 31.3. The van der Waals surface area contributed by atoms with Gasteiger partial charge in [0, 0.05) is 17.6 Å². The molecule has 8 rings (SSSR count). The number of ketones is 1. The van der Waals surface area contributed by atoms with E-state index in [1.807, 2.05) is 127 Å². The van der Waals surface area contributed by atoms with Crippen LogP contribution in [0.4, 0.5) is 0 Å². The first-order valence-electron chi connectivity index (χ1n) is 19.3. The molecule has 6 heteroatoms. The molecule has 6 nitrogen and oxygen atoms in total. The minimum absolute atomic E-state index is 0.00399. The van der Waals surface area contributed by atoms with Crippen molar-refractivity contribution in [3.05, 3.63) is 220 Å². The summed E-state index contributed by atoms with van der Waals surface area (Å²) in [4.78, 5) is 14.1. The van der Waals surface area contributed by atoms with Gasteiger partial charge in [0.2, 0.25) is 0 Å². The minimum atomic E-state index is -0.608. The molecule has 282 valence electrons. The zero-order valence-electron chi connectivity index (χ0n) is 31.3. The number of fused-ring (bicyclic) bond motifs is 1. The summed E-state index contributed by atoms with van der Waals surface area (Å²) < 4.78 is 34.2. The zero-order chi connectivity index (χ0) is 37.9. The van der Waals surface area contributed by atoms with Gasteiger partial charge in [-0.3, -0.25) is 4.79 Å². The molecule has 1 saturated heterocycles. The van der Waals surface area contributed by atoms with Crippen molar-refractivity contribution in [2.45, 2.75) is 63.4 Å². The maximum Gasteiger partial charge on any atom is 0.189 e. The van der Waals surface area contributed by atoms with Gasteiger partial charge in [0.15, 0.2) is 5.78 Å². The van der Waals surface area contributed by atoms with Gasteiger partial charge in [-0.2, -0.15) is 0 Å². The highest BCUT2D eigenvalue weighted by atomic mass is 16.6. The van der Waals surface area contributed by atoms with Gasteiger partial charge in [-0.1, -0.05) is 164 Å². The van der Waals surface area contributed by atoms with E-state index in [-0.39, 0.29) is 12.4 Å². The van der Waals surface area contributed by atoms with Crippen molar-refractivity contribution in [2.24, 2.45) is 0 Å². The molecular formula is C50H46O6. The fourth-order valence-corrected chi connectivity index (χ4v) is 7.53. The van der Waals surface area contributed by atoms with Crippen LogP contribution in [0.2, 0.25) is 0 Å². The van der Waals surface area contributed by atoms with Crippen LogP contribution in [-0.2, 0) is 56.5 Å². The number of rotatable bonds is 16. The van der Waals surface area contributed by atoms with E-state index < -0.39 is 30.5 Å². The Bertz CT molecular complexity index is 2190. The molecule has 5 atom stereocenters. The number of carbonyl (C=O) groups excluding carboxylic acids is 1. The first-order valence-corrected chi connectivity index (χ1v) is 19.3. The van der Waals surface area contributed by atoms with Crippen LogP contribution in [0.25, 0.3) is 6.08 Å². The van der Waals surface area contributed by atoms with E-state index in [0.717, 1.165) is 44.5 Å². The van der Waals surface area contributed by atoms with Crippen molar-refractivity contribution >= 4 is 11.9 Å². The van der Waals surface area contributed by atoms with Crippen LogP contribution in [0.15, 0.2) is 175 Å². The van der Waals surface area contributed by atoms with Crippen LogP contribution in [0.3, 0.4) is 0 Å². The fraction of sp³-hybridized carbons (Fsp3) is 0.220. The van der Waals surface area contributed by atoms with E-state index in [0.29, 0.717) is 38.4 Å². The molecule has 0 spiro atoms. The van der Waals surface area contributed by atoms with Crippen LogP contribution in [0.1, 0.15) is 55.4 Å².